The van der Waals surface area contributed by atoms with Crippen LogP contribution in [0.3, 0.4) is 0 Å². The maximum Gasteiger partial charge on any atom is 0.241 e. The van der Waals surface area contributed by atoms with E-state index < -0.39 is 10.0 Å². The van der Waals surface area contributed by atoms with E-state index in [1.165, 1.54) is 0 Å². The molecule has 0 amide bonds. The lowest BCUT2D eigenvalue weighted by Crippen LogP contribution is -2.24. The summed E-state index contributed by atoms with van der Waals surface area (Å²) >= 11 is 3.25. The van der Waals surface area contributed by atoms with Gasteiger partial charge in [0, 0.05) is 16.7 Å². The maximum atomic E-state index is 12.3. The largest absolute Gasteiger partial charge is 0.399 e. The topological polar surface area (TPSA) is 72.2 Å². The summed E-state index contributed by atoms with van der Waals surface area (Å²) in [6.07, 6.45) is 0. The quantitative estimate of drug-likeness (QED) is 0.829. The van der Waals surface area contributed by atoms with E-state index >= 15 is 0 Å². The number of rotatable bonds is 4. The number of halogens is 1. The highest BCUT2D eigenvalue weighted by atomic mass is 79.9. The standard InChI is InChI=1S/C14H15BrN2O2S/c1-10-11(5-4-7-13(10)16)9-17-20(18,19)14-8-3-2-6-12(14)15/h2-8,17H,9,16H2,1H3. The van der Waals surface area contributed by atoms with Gasteiger partial charge in [-0.1, -0.05) is 24.3 Å². The molecule has 0 atom stereocenters. The summed E-state index contributed by atoms with van der Waals surface area (Å²) < 4.78 is 27.6. The average molecular weight is 355 g/mol. The van der Waals surface area contributed by atoms with E-state index in [4.69, 9.17) is 5.73 Å². The van der Waals surface area contributed by atoms with Crippen molar-refractivity contribution in [1.29, 1.82) is 0 Å². The zero-order valence-corrected chi connectivity index (χ0v) is 13.3. The summed E-state index contributed by atoms with van der Waals surface area (Å²) in [6, 6.07) is 12.2. The molecular weight excluding hydrogens is 340 g/mol. The lowest BCUT2D eigenvalue weighted by Gasteiger charge is -2.11. The minimum atomic E-state index is -3.56. The van der Waals surface area contributed by atoms with Crippen LogP contribution >= 0.6 is 15.9 Å². The summed E-state index contributed by atoms with van der Waals surface area (Å²) in [5.74, 6) is 0. The normalized spacial score (nSPS) is 11.5. The first-order chi connectivity index (χ1) is 9.42. The van der Waals surface area contributed by atoms with Crippen LogP contribution in [0.4, 0.5) is 5.69 Å². The Morgan fingerprint density at radius 1 is 1.15 bits per heavy atom. The second-order valence-electron chi connectivity index (χ2n) is 4.39. The van der Waals surface area contributed by atoms with Gasteiger partial charge in [-0.3, -0.25) is 0 Å². The lowest BCUT2D eigenvalue weighted by molar-refractivity contribution is 0.580. The second-order valence-corrected chi connectivity index (χ2v) is 6.98. The first-order valence-corrected chi connectivity index (χ1v) is 8.27. The van der Waals surface area contributed by atoms with Crippen LogP contribution < -0.4 is 10.5 Å². The van der Waals surface area contributed by atoms with Crippen LogP contribution in [0.15, 0.2) is 51.8 Å². The van der Waals surface area contributed by atoms with Gasteiger partial charge < -0.3 is 5.73 Å². The van der Waals surface area contributed by atoms with Crippen LogP contribution in [0.1, 0.15) is 11.1 Å². The maximum absolute atomic E-state index is 12.3. The van der Waals surface area contributed by atoms with Crippen molar-refractivity contribution in [3.63, 3.8) is 0 Å². The molecule has 0 aliphatic carbocycles. The number of sulfonamides is 1. The summed E-state index contributed by atoms with van der Waals surface area (Å²) in [5.41, 5.74) is 8.22. The molecule has 0 aromatic heterocycles. The molecule has 4 nitrogen and oxygen atoms in total. The van der Waals surface area contributed by atoms with E-state index in [0.29, 0.717) is 10.2 Å². The number of nitrogens with two attached hydrogens (primary N) is 1. The van der Waals surface area contributed by atoms with Crippen LogP contribution in [-0.4, -0.2) is 8.42 Å². The van der Waals surface area contributed by atoms with Gasteiger partial charge in [-0.05, 0) is 52.2 Å². The minimum Gasteiger partial charge on any atom is -0.399 e. The van der Waals surface area contributed by atoms with Gasteiger partial charge in [0.15, 0.2) is 0 Å². The van der Waals surface area contributed by atoms with Crippen molar-refractivity contribution in [3.05, 3.63) is 58.1 Å². The van der Waals surface area contributed by atoms with Crippen LogP contribution in [0.5, 0.6) is 0 Å². The number of hydrogen-bond acceptors (Lipinski definition) is 3. The third-order valence-electron chi connectivity index (χ3n) is 3.07. The molecule has 106 valence electrons. The lowest BCUT2D eigenvalue weighted by atomic mass is 10.1. The second kappa shape index (κ2) is 5.95. The van der Waals surface area contributed by atoms with E-state index in [-0.39, 0.29) is 11.4 Å². The Morgan fingerprint density at radius 2 is 1.85 bits per heavy atom. The van der Waals surface area contributed by atoms with Crippen LogP contribution in [0.2, 0.25) is 0 Å². The molecule has 0 aliphatic heterocycles. The molecule has 2 rings (SSSR count). The van der Waals surface area contributed by atoms with Crippen molar-refractivity contribution < 1.29 is 8.42 Å². The molecule has 0 saturated carbocycles. The zero-order valence-electron chi connectivity index (χ0n) is 10.9. The fourth-order valence-corrected chi connectivity index (χ4v) is 3.82. The van der Waals surface area contributed by atoms with Gasteiger partial charge in [0.1, 0.15) is 0 Å². The number of benzene rings is 2. The van der Waals surface area contributed by atoms with Gasteiger partial charge in [-0.25, -0.2) is 13.1 Å². The molecule has 0 aliphatic rings. The van der Waals surface area contributed by atoms with E-state index in [0.717, 1.165) is 11.1 Å². The van der Waals surface area contributed by atoms with E-state index in [2.05, 4.69) is 20.7 Å². The minimum absolute atomic E-state index is 0.209. The smallest absolute Gasteiger partial charge is 0.241 e. The summed E-state index contributed by atoms with van der Waals surface area (Å²) in [7, 11) is -3.56. The molecule has 0 saturated heterocycles. The first-order valence-electron chi connectivity index (χ1n) is 6.00. The fraction of sp³-hybridized carbons (Fsp3) is 0.143. The van der Waals surface area contributed by atoms with Gasteiger partial charge >= 0.3 is 0 Å². The molecule has 0 radical (unpaired) electrons. The summed E-state index contributed by atoms with van der Waals surface area (Å²) in [4.78, 5) is 0.224. The summed E-state index contributed by atoms with van der Waals surface area (Å²) in [6.45, 7) is 2.08. The molecular formula is C14H15BrN2O2S. The number of nitrogen functional groups attached to an aromatic ring is 1. The molecule has 6 heteroatoms. The van der Waals surface area contributed by atoms with Crippen molar-refractivity contribution in [1.82, 2.24) is 4.72 Å². The monoisotopic (exact) mass is 354 g/mol. The number of nitrogens with one attached hydrogen (secondary N) is 1. The number of anilines is 1. The van der Waals surface area contributed by atoms with Gasteiger partial charge in [-0.2, -0.15) is 0 Å². The molecule has 3 N–H and O–H groups in total. The molecule has 0 fully saturated rings. The van der Waals surface area contributed by atoms with E-state index in [9.17, 15) is 8.42 Å². The highest BCUT2D eigenvalue weighted by Gasteiger charge is 2.17. The van der Waals surface area contributed by atoms with Crippen molar-refractivity contribution >= 4 is 31.6 Å². The predicted molar refractivity (Wildman–Crippen MR) is 83.8 cm³/mol. The van der Waals surface area contributed by atoms with Crippen LogP contribution in [-0.2, 0) is 16.6 Å². The average Bonchev–Trinajstić information content (AvgIpc) is 2.41. The van der Waals surface area contributed by atoms with Crippen molar-refractivity contribution in [2.24, 2.45) is 0 Å². The van der Waals surface area contributed by atoms with Crippen LogP contribution in [0.25, 0.3) is 0 Å². The Labute approximate surface area is 127 Å². The van der Waals surface area contributed by atoms with Crippen molar-refractivity contribution in [2.75, 3.05) is 5.73 Å². The molecule has 0 heterocycles. The van der Waals surface area contributed by atoms with Gasteiger partial charge in [0.25, 0.3) is 0 Å². The van der Waals surface area contributed by atoms with Gasteiger partial charge in [0.05, 0.1) is 4.90 Å². The van der Waals surface area contributed by atoms with Gasteiger partial charge in [0.2, 0.25) is 10.0 Å². The predicted octanol–water partition coefficient (Wildman–Crippen LogP) is 2.82. The summed E-state index contributed by atoms with van der Waals surface area (Å²) in [5, 5.41) is 0. The highest BCUT2D eigenvalue weighted by molar-refractivity contribution is 9.10. The third-order valence-corrected chi connectivity index (χ3v) is 5.48. The Hall–Kier alpha value is -1.37. The van der Waals surface area contributed by atoms with Crippen molar-refractivity contribution in [2.45, 2.75) is 18.4 Å². The zero-order chi connectivity index (χ0) is 14.8. The van der Waals surface area contributed by atoms with E-state index in [1.54, 1.807) is 30.3 Å². The molecule has 2 aromatic rings. The van der Waals surface area contributed by atoms with E-state index in [1.807, 2.05) is 19.1 Å². The van der Waals surface area contributed by atoms with Gasteiger partial charge in [-0.15, -0.1) is 0 Å². The Kier molecular flexibility index (Phi) is 4.47. The third kappa shape index (κ3) is 3.20. The van der Waals surface area contributed by atoms with Crippen LogP contribution in [0, 0.1) is 6.92 Å². The Morgan fingerprint density at radius 3 is 2.55 bits per heavy atom. The first kappa shape index (κ1) is 15.0. The highest BCUT2D eigenvalue weighted by Crippen LogP contribution is 2.22. The fourth-order valence-electron chi connectivity index (χ4n) is 1.81. The molecule has 0 bridgehead atoms. The van der Waals surface area contributed by atoms with Crippen molar-refractivity contribution in [3.8, 4) is 0 Å². The molecule has 20 heavy (non-hydrogen) atoms. The molecule has 0 unspecified atom stereocenters. The Bertz CT molecular complexity index is 730. The molecule has 2 aromatic carbocycles. The SMILES string of the molecule is Cc1c(N)cccc1CNS(=O)(=O)c1ccccc1Br. The molecule has 0 spiro atoms. The number of hydrogen-bond donors (Lipinski definition) is 2. The Balaban J connectivity index is 2.22.